The summed E-state index contributed by atoms with van der Waals surface area (Å²) in [6.07, 6.45) is 0. The predicted octanol–water partition coefficient (Wildman–Crippen LogP) is 3.37. The van der Waals surface area contributed by atoms with Crippen LogP contribution in [0, 0.1) is 6.92 Å². The number of benzene rings is 2. The van der Waals surface area contributed by atoms with Crippen LogP contribution in [0.1, 0.15) is 21.5 Å². The van der Waals surface area contributed by atoms with Crippen molar-refractivity contribution in [1.82, 2.24) is 0 Å². The van der Waals surface area contributed by atoms with Crippen molar-refractivity contribution in [3.8, 4) is 11.5 Å². The molecule has 110 valence electrons. The Morgan fingerprint density at radius 1 is 0.952 bits per heavy atom. The van der Waals surface area contributed by atoms with Crippen molar-refractivity contribution in [2.45, 2.75) is 13.5 Å². The number of rotatable bonds is 5. The van der Waals surface area contributed by atoms with Crippen LogP contribution in [0.4, 0.5) is 0 Å². The second kappa shape index (κ2) is 6.79. The smallest absolute Gasteiger partial charge is 0.338 e. The molecule has 2 aromatic carbocycles. The molecule has 21 heavy (non-hydrogen) atoms. The zero-order valence-corrected chi connectivity index (χ0v) is 12.4. The van der Waals surface area contributed by atoms with Crippen molar-refractivity contribution in [1.29, 1.82) is 0 Å². The fourth-order valence-electron chi connectivity index (χ4n) is 1.88. The molecule has 0 bridgehead atoms. The van der Waals surface area contributed by atoms with Gasteiger partial charge in [-0.25, -0.2) is 4.79 Å². The summed E-state index contributed by atoms with van der Waals surface area (Å²) in [6, 6.07) is 12.8. The van der Waals surface area contributed by atoms with Crippen molar-refractivity contribution in [3.05, 3.63) is 59.2 Å². The number of esters is 1. The van der Waals surface area contributed by atoms with Crippen LogP contribution in [0.15, 0.2) is 42.5 Å². The number of aryl methyl sites for hydroxylation is 1. The minimum Gasteiger partial charge on any atom is -0.493 e. The Bertz CT molecular complexity index is 617. The average Bonchev–Trinajstić information content (AvgIpc) is 2.53. The standard InChI is InChI=1S/C17H18O4/c1-12-4-6-13(7-5-12)11-21-17(18)14-8-9-15(19-2)16(10-14)20-3/h4-10H,11H2,1-3H3. The SMILES string of the molecule is COc1ccc(C(=O)OCc2ccc(C)cc2)cc1OC. The topological polar surface area (TPSA) is 44.8 Å². The zero-order chi connectivity index (χ0) is 15.2. The first-order valence-electron chi connectivity index (χ1n) is 6.58. The van der Waals surface area contributed by atoms with Crippen molar-refractivity contribution >= 4 is 5.97 Å². The number of hydrogen-bond donors (Lipinski definition) is 0. The highest BCUT2D eigenvalue weighted by Gasteiger charge is 2.12. The van der Waals surface area contributed by atoms with E-state index in [1.165, 1.54) is 12.7 Å². The number of hydrogen-bond acceptors (Lipinski definition) is 4. The van der Waals surface area contributed by atoms with Crippen LogP contribution in [-0.2, 0) is 11.3 Å². The zero-order valence-electron chi connectivity index (χ0n) is 12.4. The molecule has 0 N–H and O–H groups in total. The summed E-state index contributed by atoms with van der Waals surface area (Å²) in [7, 11) is 3.08. The Labute approximate surface area is 124 Å². The van der Waals surface area contributed by atoms with Crippen molar-refractivity contribution in [2.75, 3.05) is 14.2 Å². The summed E-state index contributed by atoms with van der Waals surface area (Å²) in [4.78, 5) is 12.0. The van der Waals surface area contributed by atoms with Gasteiger partial charge in [0.05, 0.1) is 19.8 Å². The molecule has 0 aromatic heterocycles. The molecule has 0 fully saturated rings. The predicted molar refractivity (Wildman–Crippen MR) is 79.8 cm³/mol. The quantitative estimate of drug-likeness (QED) is 0.790. The molecule has 0 spiro atoms. The van der Waals surface area contributed by atoms with Gasteiger partial charge in [0.1, 0.15) is 6.61 Å². The van der Waals surface area contributed by atoms with E-state index in [9.17, 15) is 4.79 Å². The second-order valence-electron chi connectivity index (χ2n) is 4.63. The summed E-state index contributed by atoms with van der Waals surface area (Å²) in [5, 5.41) is 0. The van der Waals surface area contributed by atoms with Gasteiger partial charge in [-0.15, -0.1) is 0 Å². The first-order chi connectivity index (χ1) is 10.1. The maximum absolute atomic E-state index is 12.0. The fourth-order valence-corrected chi connectivity index (χ4v) is 1.88. The molecule has 2 aromatic rings. The van der Waals surface area contributed by atoms with Gasteiger partial charge in [0.25, 0.3) is 0 Å². The normalized spacial score (nSPS) is 10.0. The molecule has 2 rings (SSSR count). The van der Waals surface area contributed by atoms with Crippen molar-refractivity contribution in [2.24, 2.45) is 0 Å². The lowest BCUT2D eigenvalue weighted by Crippen LogP contribution is -2.06. The van der Waals surface area contributed by atoms with Crippen LogP contribution in [0.25, 0.3) is 0 Å². The summed E-state index contributed by atoms with van der Waals surface area (Å²) in [6.45, 7) is 2.26. The van der Waals surface area contributed by atoms with Gasteiger partial charge >= 0.3 is 5.97 Å². The van der Waals surface area contributed by atoms with Gasteiger partial charge in [-0.3, -0.25) is 0 Å². The molecule has 0 radical (unpaired) electrons. The van der Waals surface area contributed by atoms with Crippen LogP contribution in [0.3, 0.4) is 0 Å². The summed E-state index contributed by atoms with van der Waals surface area (Å²) in [5.41, 5.74) is 2.55. The van der Waals surface area contributed by atoms with Gasteiger partial charge in [0.2, 0.25) is 0 Å². The van der Waals surface area contributed by atoms with Crippen LogP contribution < -0.4 is 9.47 Å². The van der Waals surface area contributed by atoms with Gasteiger partial charge in [-0.05, 0) is 30.7 Å². The molecule has 0 saturated heterocycles. The highest BCUT2D eigenvalue weighted by molar-refractivity contribution is 5.90. The van der Waals surface area contributed by atoms with E-state index < -0.39 is 5.97 Å². The van der Waals surface area contributed by atoms with E-state index in [-0.39, 0.29) is 6.61 Å². The molecule has 0 amide bonds. The highest BCUT2D eigenvalue weighted by atomic mass is 16.5. The third-order valence-corrected chi connectivity index (χ3v) is 3.11. The Hall–Kier alpha value is -2.49. The third-order valence-electron chi connectivity index (χ3n) is 3.11. The molecule has 0 heterocycles. The molecule has 0 aliphatic heterocycles. The summed E-state index contributed by atoms with van der Waals surface area (Å²) < 4.78 is 15.6. The second-order valence-corrected chi connectivity index (χ2v) is 4.63. The van der Waals surface area contributed by atoms with Crippen LogP contribution in [0.5, 0.6) is 11.5 Å². The maximum Gasteiger partial charge on any atom is 0.338 e. The van der Waals surface area contributed by atoms with Gasteiger partial charge < -0.3 is 14.2 Å². The Kier molecular flexibility index (Phi) is 4.82. The van der Waals surface area contributed by atoms with Crippen molar-refractivity contribution < 1.29 is 19.0 Å². The highest BCUT2D eigenvalue weighted by Crippen LogP contribution is 2.27. The third kappa shape index (κ3) is 3.75. The maximum atomic E-state index is 12.0. The minimum atomic E-state index is -0.392. The van der Waals surface area contributed by atoms with E-state index in [2.05, 4.69) is 0 Å². The number of carbonyl (C=O) groups excluding carboxylic acids is 1. The van der Waals surface area contributed by atoms with Crippen LogP contribution in [-0.4, -0.2) is 20.2 Å². The van der Waals surface area contributed by atoms with E-state index in [1.807, 2.05) is 31.2 Å². The van der Waals surface area contributed by atoms with Gasteiger partial charge in [0, 0.05) is 0 Å². The molecule has 0 saturated carbocycles. The first-order valence-corrected chi connectivity index (χ1v) is 6.58. The Balaban J connectivity index is 2.04. The van der Waals surface area contributed by atoms with E-state index >= 15 is 0 Å². The number of carbonyl (C=O) groups is 1. The summed E-state index contributed by atoms with van der Waals surface area (Å²) >= 11 is 0. The lowest BCUT2D eigenvalue weighted by molar-refractivity contribution is 0.0472. The molecule has 0 unspecified atom stereocenters. The minimum absolute atomic E-state index is 0.244. The van der Waals surface area contributed by atoms with E-state index in [0.29, 0.717) is 17.1 Å². The first kappa shape index (κ1) is 14.9. The molecular weight excluding hydrogens is 268 g/mol. The number of ether oxygens (including phenoxy) is 3. The van der Waals surface area contributed by atoms with E-state index in [4.69, 9.17) is 14.2 Å². The number of methoxy groups -OCH3 is 2. The molecule has 4 heteroatoms. The average molecular weight is 286 g/mol. The Morgan fingerprint density at radius 2 is 1.62 bits per heavy atom. The largest absolute Gasteiger partial charge is 0.493 e. The van der Waals surface area contributed by atoms with Crippen LogP contribution >= 0.6 is 0 Å². The molecule has 4 nitrogen and oxygen atoms in total. The van der Waals surface area contributed by atoms with Crippen LogP contribution in [0.2, 0.25) is 0 Å². The molecule has 0 aliphatic carbocycles. The van der Waals surface area contributed by atoms with Gasteiger partial charge in [-0.1, -0.05) is 29.8 Å². The van der Waals surface area contributed by atoms with E-state index in [0.717, 1.165) is 5.56 Å². The molecule has 0 atom stereocenters. The van der Waals surface area contributed by atoms with E-state index in [1.54, 1.807) is 25.3 Å². The van der Waals surface area contributed by atoms with Gasteiger partial charge in [0.15, 0.2) is 11.5 Å². The molecule has 0 aliphatic rings. The monoisotopic (exact) mass is 286 g/mol. The Morgan fingerprint density at radius 3 is 2.24 bits per heavy atom. The lowest BCUT2D eigenvalue weighted by atomic mass is 10.1. The fraction of sp³-hybridized carbons (Fsp3) is 0.235. The lowest BCUT2D eigenvalue weighted by Gasteiger charge is -2.09. The van der Waals surface area contributed by atoms with Crippen molar-refractivity contribution in [3.63, 3.8) is 0 Å². The summed E-state index contributed by atoms with van der Waals surface area (Å²) in [5.74, 6) is 0.686. The van der Waals surface area contributed by atoms with Gasteiger partial charge in [-0.2, -0.15) is 0 Å². The molecular formula is C17H18O4.